The number of amides is 1. The lowest BCUT2D eigenvalue weighted by atomic mass is 10.0. The molecule has 0 spiro atoms. The number of nitrogens with zero attached hydrogens (tertiary/aromatic N) is 3. The summed E-state index contributed by atoms with van der Waals surface area (Å²) in [5.41, 5.74) is 4.35. The Hall–Kier alpha value is -3.04. The highest BCUT2D eigenvalue weighted by Crippen LogP contribution is 2.28. The van der Waals surface area contributed by atoms with Crippen LogP contribution in [0.25, 0.3) is 10.2 Å². The molecule has 36 heavy (non-hydrogen) atoms. The van der Waals surface area contributed by atoms with E-state index < -0.39 is 15.9 Å². The average Bonchev–Trinajstić information content (AvgIpc) is 3.23. The van der Waals surface area contributed by atoms with E-state index in [9.17, 15) is 13.2 Å². The lowest BCUT2D eigenvalue weighted by molar-refractivity contribution is 0.0997. The number of carbonyl (C=O) groups excluding carboxylic acids is 1. The molecule has 0 fully saturated rings. The molecule has 4 aromatic rings. The highest BCUT2D eigenvalue weighted by molar-refractivity contribution is 7.89. The van der Waals surface area contributed by atoms with Gasteiger partial charge in [-0.05, 0) is 66.4 Å². The van der Waals surface area contributed by atoms with Gasteiger partial charge in [0.1, 0.15) is 0 Å². The van der Waals surface area contributed by atoms with Gasteiger partial charge in [0.25, 0.3) is 5.91 Å². The quantitative estimate of drug-likeness (QED) is 0.323. The fraction of sp³-hybridized carbons (Fsp3) is 0.185. The first-order chi connectivity index (χ1) is 17.3. The predicted molar refractivity (Wildman–Crippen MR) is 144 cm³/mol. The highest BCUT2D eigenvalue weighted by Gasteiger charge is 2.28. The summed E-state index contributed by atoms with van der Waals surface area (Å²) in [6.45, 7) is 6.99. The second kappa shape index (κ2) is 9.78. The maximum atomic E-state index is 13.2. The van der Waals surface area contributed by atoms with Crippen LogP contribution in [0.2, 0.25) is 5.02 Å². The van der Waals surface area contributed by atoms with Gasteiger partial charge >= 0.3 is 0 Å². The molecule has 1 aliphatic heterocycles. The van der Waals surface area contributed by atoms with Gasteiger partial charge in [-0.3, -0.25) is 4.79 Å². The number of benzene rings is 3. The molecule has 6 nitrogen and oxygen atoms in total. The summed E-state index contributed by atoms with van der Waals surface area (Å²) in [6, 6.07) is 17.6. The van der Waals surface area contributed by atoms with Gasteiger partial charge < -0.3 is 4.57 Å². The summed E-state index contributed by atoms with van der Waals surface area (Å²) < 4.78 is 30.8. The zero-order valence-corrected chi connectivity index (χ0v) is 22.0. The fourth-order valence-electron chi connectivity index (χ4n) is 4.44. The van der Waals surface area contributed by atoms with Crippen molar-refractivity contribution in [3.05, 3.63) is 105 Å². The minimum Gasteiger partial charge on any atom is -0.312 e. The number of hydrogen-bond donors (Lipinski definition) is 0. The third kappa shape index (κ3) is 4.46. The van der Waals surface area contributed by atoms with Crippen LogP contribution in [0.1, 0.15) is 27.0 Å². The van der Waals surface area contributed by atoms with Gasteiger partial charge in [0, 0.05) is 30.2 Å². The Labute approximate surface area is 218 Å². The normalized spacial score (nSPS) is 14.7. The Balaban J connectivity index is 1.44. The number of aromatic nitrogens is 1. The van der Waals surface area contributed by atoms with Crippen LogP contribution >= 0.6 is 22.9 Å². The molecular formula is C27H24ClN3O3S2. The van der Waals surface area contributed by atoms with E-state index in [4.69, 9.17) is 11.6 Å². The summed E-state index contributed by atoms with van der Waals surface area (Å²) in [4.78, 5) is 18.1. The molecule has 184 valence electrons. The van der Waals surface area contributed by atoms with E-state index in [1.165, 1.54) is 45.5 Å². The van der Waals surface area contributed by atoms with Gasteiger partial charge in [0.15, 0.2) is 4.80 Å². The average molecular weight is 538 g/mol. The number of halogens is 1. The van der Waals surface area contributed by atoms with E-state index in [0.717, 1.165) is 21.3 Å². The smallest absolute Gasteiger partial charge is 0.279 e. The number of fused-ring (bicyclic) bond motifs is 2. The minimum atomic E-state index is -3.68. The van der Waals surface area contributed by atoms with Gasteiger partial charge in [-0.1, -0.05) is 53.3 Å². The van der Waals surface area contributed by atoms with Crippen molar-refractivity contribution in [1.82, 2.24) is 8.87 Å². The molecular weight excluding hydrogens is 514 g/mol. The Morgan fingerprint density at radius 2 is 1.83 bits per heavy atom. The van der Waals surface area contributed by atoms with Crippen LogP contribution in [0, 0.1) is 6.92 Å². The lowest BCUT2D eigenvalue weighted by Crippen LogP contribution is -2.35. The van der Waals surface area contributed by atoms with Crippen LogP contribution in [0.3, 0.4) is 0 Å². The van der Waals surface area contributed by atoms with Crippen molar-refractivity contribution < 1.29 is 13.2 Å². The standard InChI is InChI=1S/C27H24ClN3O3S2/c1-3-15-31-25-18(2)23(28)12-13-24(25)35-27(31)29-26(32)20-8-10-22(11-9-20)36(33,34)30-16-14-19-6-4-5-7-21(19)17-30/h3-13H,1,14-17H2,2H3. The molecule has 1 aliphatic rings. The first-order valence-corrected chi connectivity index (χ1v) is 14.1. The van der Waals surface area contributed by atoms with Crippen molar-refractivity contribution >= 4 is 49.1 Å². The van der Waals surface area contributed by atoms with E-state index >= 15 is 0 Å². The Morgan fingerprint density at radius 1 is 1.11 bits per heavy atom. The highest BCUT2D eigenvalue weighted by atomic mass is 35.5. The number of aryl methyl sites for hydroxylation is 1. The van der Waals surface area contributed by atoms with E-state index in [1.807, 2.05) is 47.9 Å². The number of carbonyl (C=O) groups is 1. The number of allylic oxidation sites excluding steroid dienone is 1. The maximum absolute atomic E-state index is 13.2. The van der Waals surface area contributed by atoms with Crippen molar-refractivity contribution in [3.63, 3.8) is 0 Å². The topological polar surface area (TPSA) is 71.7 Å². The molecule has 2 heterocycles. The Morgan fingerprint density at radius 3 is 2.56 bits per heavy atom. The molecule has 0 radical (unpaired) electrons. The van der Waals surface area contributed by atoms with Crippen molar-refractivity contribution in [1.29, 1.82) is 0 Å². The zero-order valence-electron chi connectivity index (χ0n) is 19.6. The molecule has 3 aromatic carbocycles. The molecule has 0 N–H and O–H groups in total. The van der Waals surface area contributed by atoms with Crippen molar-refractivity contribution in [2.24, 2.45) is 4.99 Å². The van der Waals surface area contributed by atoms with Crippen molar-refractivity contribution in [3.8, 4) is 0 Å². The van der Waals surface area contributed by atoms with Gasteiger partial charge in [-0.2, -0.15) is 9.30 Å². The van der Waals surface area contributed by atoms with Crippen LogP contribution < -0.4 is 4.80 Å². The number of hydrogen-bond acceptors (Lipinski definition) is 4. The summed E-state index contributed by atoms with van der Waals surface area (Å²) in [7, 11) is -3.68. The van der Waals surface area contributed by atoms with Crippen LogP contribution in [0.15, 0.2) is 83.2 Å². The molecule has 0 bridgehead atoms. The molecule has 0 atom stereocenters. The molecule has 5 rings (SSSR count). The SMILES string of the molecule is C=CCn1c(=NC(=O)c2ccc(S(=O)(=O)N3CCc4ccccc4C3)cc2)sc2ccc(Cl)c(C)c21. The summed E-state index contributed by atoms with van der Waals surface area (Å²) >= 11 is 7.72. The summed E-state index contributed by atoms with van der Waals surface area (Å²) in [6.07, 6.45) is 2.42. The number of sulfonamides is 1. The monoisotopic (exact) mass is 537 g/mol. The second-order valence-electron chi connectivity index (χ2n) is 8.60. The third-order valence-electron chi connectivity index (χ3n) is 6.37. The molecule has 9 heteroatoms. The van der Waals surface area contributed by atoms with Gasteiger partial charge in [-0.25, -0.2) is 8.42 Å². The van der Waals surface area contributed by atoms with Crippen molar-refractivity contribution in [2.75, 3.05) is 6.54 Å². The lowest BCUT2D eigenvalue weighted by Gasteiger charge is -2.28. The van der Waals surface area contributed by atoms with Gasteiger partial charge in [0.05, 0.1) is 15.1 Å². The first kappa shape index (κ1) is 24.6. The predicted octanol–water partition coefficient (Wildman–Crippen LogP) is 5.34. The third-order valence-corrected chi connectivity index (χ3v) is 9.69. The molecule has 1 amide bonds. The minimum absolute atomic E-state index is 0.160. The molecule has 0 unspecified atom stereocenters. The Kier molecular flexibility index (Phi) is 6.70. The van der Waals surface area contributed by atoms with Crippen molar-refractivity contribution in [2.45, 2.75) is 31.3 Å². The summed E-state index contributed by atoms with van der Waals surface area (Å²) in [5, 5.41) is 0.644. The summed E-state index contributed by atoms with van der Waals surface area (Å²) in [5.74, 6) is -0.445. The van der Waals surface area contributed by atoms with Crippen LogP contribution in [0.4, 0.5) is 0 Å². The van der Waals surface area contributed by atoms with Crippen LogP contribution in [-0.2, 0) is 29.5 Å². The number of thiazole rings is 1. The largest absolute Gasteiger partial charge is 0.312 e. The number of rotatable bonds is 5. The maximum Gasteiger partial charge on any atom is 0.279 e. The van der Waals surface area contributed by atoms with E-state index in [-0.39, 0.29) is 4.90 Å². The van der Waals surface area contributed by atoms with Crippen LogP contribution in [-0.4, -0.2) is 29.7 Å². The van der Waals surface area contributed by atoms with E-state index in [1.54, 1.807) is 6.08 Å². The first-order valence-electron chi connectivity index (χ1n) is 11.4. The Bertz CT molecular complexity index is 1670. The van der Waals surface area contributed by atoms with E-state index in [2.05, 4.69) is 11.6 Å². The fourth-order valence-corrected chi connectivity index (χ4v) is 7.11. The molecule has 0 saturated heterocycles. The zero-order chi connectivity index (χ0) is 25.4. The molecule has 0 saturated carbocycles. The molecule has 1 aromatic heterocycles. The second-order valence-corrected chi connectivity index (χ2v) is 12.0. The molecule has 0 aliphatic carbocycles. The van der Waals surface area contributed by atoms with Crippen LogP contribution in [0.5, 0.6) is 0 Å². The van der Waals surface area contributed by atoms with Gasteiger partial charge in [-0.15, -0.1) is 6.58 Å². The van der Waals surface area contributed by atoms with Gasteiger partial charge in [0.2, 0.25) is 10.0 Å². The van der Waals surface area contributed by atoms with E-state index in [0.29, 0.717) is 41.4 Å².